The summed E-state index contributed by atoms with van der Waals surface area (Å²) < 4.78 is 6.24. The van der Waals surface area contributed by atoms with E-state index in [4.69, 9.17) is 4.74 Å². The van der Waals surface area contributed by atoms with Crippen LogP contribution in [0.4, 0.5) is 0 Å². The average Bonchev–Trinajstić information content (AvgIpc) is 2.77. The molecule has 1 atom stereocenters. The number of thioether (sulfide) groups is 1. The minimum atomic E-state index is -0.554. The summed E-state index contributed by atoms with van der Waals surface area (Å²) in [6.45, 7) is 6.84. The molecule has 0 spiro atoms. The van der Waals surface area contributed by atoms with E-state index in [1.54, 1.807) is 30.7 Å². The summed E-state index contributed by atoms with van der Waals surface area (Å²) >= 11 is 4.99. The van der Waals surface area contributed by atoms with Gasteiger partial charge in [0.1, 0.15) is 11.8 Å². The summed E-state index contributed by atoms with van der Waals surface area (Å²) in [5, 5.41) is 2.94. The van der Waals surface area contributed by atoms with Crippen molar-refractivity contribution in [1.82, 2.24) is 10.2 Å². The number of hydrogen-bond donors (Lipinski definition) is 1. The summed E-state index contributed by atoms with van der Waals surface area (Å²) in [6, 6.07) is 15.1. The van der Waals surface area contributed by atoms with E-state index in [0.717, 1.165) is 27.1 Å². The van der Waals surface area contributed by atoms with Crippen molar-refractivity contribution < 1.29 is 14.3 Å². The zero-order valence-corrected chi connectivity index (χ0v) is 21.0. The number of rotatable bonds is 11. The number of hydrogen-bond acceptors (Lipinski definition) is 4. The Morgan fingerprint density at radius 1 is 1.03 bits per heavy atom. The first kappa shape index (κ1) is 25.3. The third-order valence-electron chi connectivity index (χ3n) is 4.77. The Morgan fingerprint density at radius 3 is 2.23 bits per heavy atom. The van der Waals surface area contributed by atoms with Gasteiger partial charge in [0.2, 0.25) is 11.8 Å². The molecule has 0 radical (unpaired) electrons. The number of nitrogens with zero attached hydrogens (tertiary/aromatic N) is 1. The highest BCUT2D eigenvalue weighted by Crippen LogP contribution is 2.19. The van der Waals surface area contributed by atoms with Crippen molar-refractivity contribution in [3.8, 4) is 5.75 Å². The van der Waals surface area contributed by atoms with Gasteiger partial charge in [0.15, 0.2) is 0 Å². The molecule has 0 fully saturated rings. The van der Waals surface area contributed by atoms with Crippen LogP contribution in [0, 0.1) is 5.92 Å². The third-order valence-corrected chi connectivity index (χ3v) is 6.29. The van der Waals surface area contributed by atoms with Gasteiger partial charge >= 0.3 is 0 Å². The number of amides is 2. The van der Waals surface area contributed by atoms with E-state index in [1.165, 1.54) is 0 Å². The van der Waals surface area contributed by atoms with Gasteiger partial charge in [0.05, 0.1) is 12.9 Å². The van der Waals surface area contributed by atoms with Gasteiger partial charge in [-0.2, -0.15) is 0 Å². The van der Waals surface area contributed by atoms with E-state index < -0.39 is 6.04 Å². The smallest absolute Gasteiger partial charge is 0.242 e. The van der Waals surface area contributed by atoms with Crippen molar-refractivity contribution in [1.29, 1.82) is 0 Å². The molecule has 31 heavy (non-hydrogen) atoms. The van der Waals surface area contributed by atoms with Crippen molar-refractivity contribution in [3.05, 3.63) is 64.1 Å². The minimum Gasteiger partial charge on any atom is -0.497 e. The monoisotopic (exact) mass is 506 g/mol. The molecule has 0 aliphatic rings. The summed E-state index contributed by atoms with van der Waals surface area (Å²) in [4.78, 5) is 27.4. The van der Waals surface area contributed by atoms with Gasteiger partial charge in [-0.05, 0) is 48.2 Å². The van der Waals surface area contributed by atoms with Crippen LogP contribution in [0.15, 0.2) is 53.0 Å². The van der Waals surface area contributed by atoms with E-state index in [2.05, 4.69) is 21.2 Å². The largest absolute Gasteiger partial charge is 0.497 e. The SMILES string of the molecule is COc1ccc(CN(C(=O)CSCc2ccc(Br)cc2)[C@H](C)C(=O)NCC(C)C)cc1. The maximum Gasteiger partial charge on any atom is 0.242 e. The molecule has 0 bridgehead atoms. The molecule has 0 saturated carbocycles. The zero-order chi connectivity index (χ0) is 22.8. The fraction of sp³-hybridized carbons (Fsp3) is 0.417. The first-order valence-corrected chi connectivity index (χ1v) is 12.3. The summed E-state index contributed by atoms with van der Waals surface area (Å²) in [7, 11) is 1.62. The molecular weight excluding hydrogens is 476 g/mol. The van der Waals surface area contributed by atoms with Crippen LogP contribution in [0.2, 0.25) is 0 Å². The number of methoxy groups -OCH3 is 1. The first-order valence-electron chi connectivity index (χ1n) is 10.3. The number of benzene rings is 2. The minimum absolute atomic E-state index is 0.0508. The van der Waals surface area contributed by atoms with Gasteiger partial charge in [0.25, 0.3) is 0 Å². The van der Waals surface area contributed by atoms with Crippen molar-refractivity contribution >= 4 is 39.5 Å². The van der Waals surface area contributed by atoms with Crippen LogP contribution < -0.4 is 10.1 Å². The number of nitrogens with one attached hydrogen (secondary N) is 1. The predicted octanol–water partition coefficient (Wildman–Crippen LogP) is 4.88. The maximum atomic E-state index is 13.1. The Bertz CT molecular complexity index is 841. The second kappa shape index (κ2) is 12.8. The lowest BCUT2D eigenvalue weighted by molar-refractivity contribution is -0.138. The van der Waals surface area contributed by atoms with Crippen LogP contribution in [0.3, 0.4) is 0 Å². The van der Waals surface area contributed by atoms with Gasteiger partial charge in [-0.1, -0.05) is 54.0 Å². The quantitative estimate of drug-likeness (QED) is 0.471. The van der Waals surface area contributed by atoms with Crippen molar-refractivity contribution in [2.24, 2.45) is 5.92 Å². The molecule has 2 amide bonds. The third kappa shape index (κ3) is 8.57. The number of carbonyl (C=O) groups excluding carboxylic acids is 2. The zero-order valence-electron chi connectivity index (χ0n) is 18.6. The number of carbonyl (C=O) groups is 2. The molecule has 2 aromatic rings. The lowest BCUT2D eigenvalue weighted by Crippen LogP contribution is -2.48. The van der Waals surface area contributed by atoms with Crippen LogP contribution >= 0.6 is 27.7 Å². The molecule has 0 heterocycles. The van der Waals surface area contributed by atoms with Crippen LogP contribution in [0.1, 0.15) is 31.9 Å². The molecule has 2 rings (SSSR count). The van der Waals surface area contributed by atoms with Crippen LogP contribution in [-0.2, 0) is 21.9 Å². The highest BCUT2D eigenvalue weighted by atomic mass is 79.9. The molecule has 0 saturated heterocycles. The second-order valence-electron chi connectivity index (χ2n) is 7.80. The Kier molecular flexibility index (Phi) is 10.4. The fourth-order valence-corrected chi connectivity index (χ4v) is 4.02. The van der Waals surface area contributed by atoms with Gasteiger partial charge in [-0.3, -0.25) is 9.59 Å². The van der Waals surface area contributed by atoms with Crippen molar-refractivity contribution in [3.63, 3.8) is 0 Å². The molecule has 5 nitrogen and oxygen atoms in total. The van der Waals surface area contributed by atoms with E-state index in [1.807, 2.05) is 62.4 Å². The average molecular weight is 507 g/mol. The van der Waals surface area contributed by atoms with Gasteiger partial charge < -0.3 is 15.0 Å². The Balaban J connectivity index is 2.05. The predicted molar refractivity (Wildman–Crippen MR) is 131 cm³/mol. The molecule has 0 aromatic heterocycles. The Hall–Kier alpha value is -1.99. The summed E-state index contributed by atoms with van der Waals surface area (Å²) in [5.41, 5.74) is 2.11. The lowest BCUT2D eigenvalue weighted by Gasteiger charge is -2.29. The summed E-state index contributed by atoms with van der Waals surface area (Å²) in [5.74, 6) is 1.98. The molecule has 0 unspecified atom stereocenters. The van der Waals surface area contributed by atoms with E-state index in [9.17, 15) is 9.59 Å². The Morgan fingerprint density at radius 2 is 1.65 bits per heavy atom. The molecule has 7 heteroatoms. The number of ether oxygens (including phenoxy) is 1. The standard InChI is InChI=1S/C24H31BrN2O3S/c1-17(2)13-26-24(29)18(3)27(14-19-7-11-22(30-4)12-8-19)23(28)16-31-15-20-5-9-21(25)10-6-20/h5-12,17-18H,13-16H2,1-4H3,(H,26,29)/t18-/m1/s1. The van der Waals surface area contributed by atoms with Gasteiger partial charge in [0, 0.05) is 23.3 Å². The fourth-order valence-electron chi connectivity index (χ4n) is 2.88. The van der Waals surface area contributed by atoms with Crippen LogP contribution in [-0.4, -0.2) is 42.2 Å². The maximum absolute atomic E-state index is 13.1. The topological polar surface area (TPSA) is 58.6 Å². The van der Waals surface area contributed by atoms with E-state index >= 15 is 0 Å². The molecular formula is C24H31BrN2O3S. The molecule has 0 aliphatic heterocycles. The Labute approximate surface area is 198 Å². The number of halogens is 1. The van der Waals surface area contributed by atoms with Crippen molar-refractivity contribution in [2.45, 2.75) is 39.1 Å². The van der Waals surface area contributed by atoms with Crippen LogP contribution in [0.25, 0.3) is 0 Å². The molecule has 0 aliphatic carbocycles. The highest BCUT2D eigenvalue weighted by molar-refractivity contribution is 9.10. The van der Waals surface area contributed by atoms with Crippen LogP contribution in [0.5, 0.6) is 5.75 Å². The molecule has 168 valence electrons. The van der Waals surface area contributed by atoms with Gasteiger partial charge in [-0.15, -0.1) is 11.8 Å². The van der Waals surface area contributed by atoms with Gasteiger partial charge in [-0.25, -0.2) is 0 Å². The molecule has 2 aromatic carbocycles. The lowest BCUT2D eigenvalue weighted by atomic mass is 10.1. The van der Waals surface area contributed by atoms with E-state index in [-0.39, 0.29) is 11.8 Å². The second-order valence-corrected chi connectivity index (χ2v) is 9.71. The highest BCUT2D eigenvalue weighted by Gasteiger charge is 2.26. The van der Waals surface area contributed by atoms with E-state index in [0.29, 0.717) is 24.8 Å². The normalized spacial score (nSPS) is 11.8. The first-order chi connectivity index (χ1) is 14.8. The summed E-state index contributed by atoms with van der Waals surface area (Å²) in [6.07, 6.45) is 0. The van der Waals surface area contributed by atoms with Crippen molar-refractivity contribution in [2.75, 3.05) is 19.4 Å². The molecule has 1 N–H and O–H groups in total.